The average molecular weight is 247 g/mol. The van der Waals surface area contributed by atoms with Crippen molar-refractivity contribution < 1.29 is 4.79 Å². The lowest BCUT2D eigenvalue weighted by atomic mass is 10.2. The third kappa shape index (κ3) is 4.20. The van der Waals surface area contributed by atoms with Crippen LogP contribution in [0.2, 0.25) is 0 Å². The second kappa shape index (κ2) is 7.48. The molecule has 0 aliphatic rings. The summed E-state index contributed by atoms with van der Waals surface area (Å²) in [5.41, 5.74) is 1.36. The number of unbranched alkanes of at least 4 members (excludes halogenated alkanes) is 1. The second-order valence-corrected chi connectivity index (χ2v) is 4.18. The number of nitrogens with zero attached hydrogens (tertiary/aromatic N) is 2. The lowest BCUT2D eigenvalue weighted by Crippen LogP contribution is -2.28. The first kappa shape index (κ1) is 14.2. The summed E-state index contributed by atoms with van der Waals surface area (Å²) in [4.78, 5) is 17.9. The number of nitrogens with one attached hydrogen (secondary N) is 1. The summed E-state index contributed by atoms with van der Waals surface area (Å²) < 4.78 is 0. The van der Waals surface area contributed by atoms with Gasteiger partial charge in [0.2, 0.25) is 0 Å². The average Bonchev–Trinajstić information content (AvgIpc) is 2.42. The van der Waals surface area contributed by atoms with Crippen LogP contribution in [0.25, 0.3) is 0 Å². The lowest BCUT2D eigenvalue weighted by molar-refractivity contribution is 0.0787. The highest BCUT2D eigenvalue weighted by atomic mass is 16.2. The first-order chi connectivity index (χ1) is 8.69. The van der Waals surface area contributed by atoms with E-state index in [2.05, 4.69) is 23.8 Å². The molecule has 18 heavy (non-hydrogen) atoms. The van der Waals surface area contributed by atoms with Gasteiger partial charge in [0.1, 0.15) is 5.69 Å². The Hall–Kier alpha value is -1.84. The highest BCUT2D eigenvalue weighted by Crippen LogP contribution is 2.09. The minimum Gasteiger partial charge on any atom is -0.381 e. The Morgan fingerprint density at radius 3 is 3.06 bits per heavy atom. The van der Waals surface area contributed by atoms with Gasteiger partial charge in [0.15, 0.2) is 0 Å². The van der Waals surface area contributed by atoms with Gasteiger partial charge in [-0.3, -0.25) is 9.78 Å². The number of anilines is 1. The first-order valence-electron chi connectivity index (χ1n) is 6.25. The number of amides is 1. The number of carbonyl (C=O) groups is 1. The predicted octanol–water partition coefficient (Wildman–Crippen LogP) is 2.55. The number of pyridine rings is 1. The highest BCUT2D eigenvalue weighted by Gasteiger charge is 2.12. The molecule has 0 aliphatic heterocycles. The maximum absolute atomic E-state index is 12.1. The van der Waals surface area contributed by atoms with Gasteiger partial charge in [0.05, 0.1) is 0 Å². The highest BCUT2D eigenvalue weighted by molar-refractivity contribution is 5.92. The van der Waals surface area contributed by atoms with Gasteiger partial charge in [0.25, 0.3) is 5.91 Å². The topological polar surface area (TPSA) is 45.2 Å². The quantitative estimate of drug-likeness (QED) is 0.753. The molecule has 1 N–H and O–H groups in total. The van der Waals surface area contributed by atoms with Gasteiger partial charge in [-0.2, -0.15) is 0 Å². The third-order valence-corrected chi connectivity index (χ3v) is 2.62. The van der Waals surface area contributed by atoms with E-state index in [1.165, 1.54) is 0 Å². The smallest absolute Gasteiger partial charge is 0.272 e. The molecule has 0 fully saturated rings. The Kier molecular flexibility index (Phi) is 5.91. The molecule has 0 aliphatic carbocycles. The Bertz CT molecular complexity index is 404. The Balaban J connectivity index is 2.69. The van der Waals surface area contributed by atoms with Crippen molar-refractivity contribution >= 4 is 11.6 Å². The lowest BCUT2D eigenvalue weighted by Gasteiger charge is -2.16. The van der Waals surface area contributed by atoms with Crippen LogP contribution < -0.4 is 5.32 Å². The van der Waals surface area contributed by atoms with Gasteiger partial charge in [-0.25, -0.2) is 0 Å². The first-order valence-corrected chi connectivity index (χ1v) is 6.25. The van der Waals surface area contributed by atoms with E-state index in [0.29, 0.717) is 12.2 Å². The number of hydrogen-bond donors (Lipinski definition) is 1. The monoisotopic (exact) mass is 247 g/mol. The van der Waals surface area contributed by atoms with E-state index >= 15 is 0 Å². The zero-order valence-corrected chi connectivity index (χ0v) is 11.1. The van der Waals surface area contributed by atoms with Crippen molar-refractivity contribution in [1.29, 1.82) is 0 Å². The van der Waals surface area contributed by atoms with Gasteiger partial charge in [-0.15, -0.1) is 6.58 Å². The van der Waals surface area contributed by atoms with Gasteiger partial charge >= 0.3 is 0 Å². The molecule has 1 heterocycles. The summed E-state index contributed by atoms with van der Waals surface area (Å²) in [7, 11) is 1.81. The minimum absolute atomic E-state index is 0.0364. The molecule has 0 unspecified atom stereocenters. The van der Waals surface area contributed by atoms with Crippen molar-refractivity contribution in [3.8, 4) is 0 Å². The van der Waals surface area contributed by atoms with Crippen molar-refractivity contribution in [3.05, 3.63) is 36.7 Å². The van der Waals surface area contributed by atoms with Crippen LogP contribution in [0.3, 0.4) is 0 Å². The summed E-state index contributed by atoms with van der Waals surface area (Å²) in [5, 5.41) is 3.14. The Morgan fingerprint density at radius 1 is 1.61 bits per heavy atom. The summed E-state index contributed by atoms with van der Waals surface area (Å²) in [6.45, 7) is 7.18. The standard InChI is InChI=1S/C14H21N3O/c1-4-6-10-17(3)14(18)13-11-12(7-9-16-13)15-8-5-2/h5,7,9,11H,2,4,6,8,10H2,1,3H3,(H,15,16). The second-order valence-electron chi connectivity index (χ2n) is 4.18. The molecule has 1 amide bonds. The molecule has 1 aromatic rings. The van der Waals surface area contributed by atoms with E-state index in [0.717, 1.165) is 25.1 Å². The van der Waals surface area contributed by atoms with Crippen LogP contribution in [0.4, 0.5) is 5.69 Å². The van der Waals surface area contributed by atoms with Gasteiger partial charge in [-0.05, 0) is 18.6 Å². The summed E-state index contributed by atoms with van der Waals surface area (Å²) >= 11 is 0. The van der Waals surface area contributed by atoms with E-state index in [1.807, 2.05) is 13.1 Å². The third-order valence-electron chi connectivity index (χ3n) is 2.62. The number of rotatable bonds is 7. The zero-order valence-electron chi connectivity index (χ0n) is 11.1. The number of hydrogen-bond acceptors (Lipinski definition) is 3. The molecule has 0 atom stereocenters. The van der Waals surface area contributed by atoms with Crippen molar-refractivity contribution in [3.63, 3.8) is 0 Å². The summed E-state index contributed by atoms with van der Waals surface area (Å²) in [6, 6.07) is 3.61. The van der Waals surface area contributed by atoms with E-state index in [1.54, 1.807) is 23.2 Å². The van der Waals surface area contributed by atoms with Crippen LogP contribution in [0.1, 0.15) is 30.3 Å². The molecule has 0 radical (unpaired) electrons. The molecular formula is C14H21N3O. The molecule has 0 saturated carbocycles. The normalized spacial score (nSPS) is 9.89. The van der Waals surface area contributed by atoms with Crippen LogP contribution in [0.15, 0.2) is 31.0 Å². The fourth-order valence-electron chi connectivity index (χ4n) is 1.54. The Labute approximate surface area is 109 Å². The van der Waals surface area contributed by atoms with Crippen LogP contribution >= 0.6 is 0 Å². The number of aromatic nitrogens is 1. The molecule has 98 valence electrons. The minimum atomic E-state index is -0.0364. The maximum Gasteiger partial charge on any atom is 0.272 e. The van der Waals surface area contributed by atoms with Crippen molar-refractivity contribution in [1.82, 2.24) is 9.88 Å². The largest absolute Gasteiger partial charge is 0.381 e. The van der Waals surface area contributed by atoms with E-state index in [9.17, 15) is 4.79 Å². The molecule has 0 saturated heterocycles. The van der Waals surface area contributed by atoms with Crippen LogP contribution in [0.5, 0.6) is 0 Å². The van der Waals surface area contributed by atoms with Crippen LogP contribution in [-0.4, -0.2) is 35.9 Å². The van der Waals surface area contributed by atoms with Gasteiger partial charge in [0, 0.05) is 32.0 Å². The van der Waals surface area contributed by atoms with Gasteiger partial charge < -0.3 is 10.2 Å². The van der Waals surface area contributed by atoms with E-state index < -0.39 is 0 Å². The SMILES string of the molecule is C=CCNc1ccnc(C(=O)N(C)CCCC)c1. The van der Waals surface area contributed by atoms with Crippen molar-refractivity contribution in [2.24, 2.45) is 0 Å². The number of carbonyl (C=O) groups excluding carboxylic acids is 1. The van der Waals surface area contributed by atoms with E-state index in [-0.39, 0.29) is 5.91 Å². The molecule has 1 rings (SSSR count). The Morgan fingerprint density at radius 2 is 2.39 bits per heavy atom. The summed E-state index contributed by atoms with van der Waals surface area (Å²) in [5.74, 6) is -0.0364. The molecule has 4 nitrogen and oxygen atoms in total. The van der Waals surface area contributed by atoms with Gasteiger partial charge in [-0.1, -0.05) is 19.4 Å². The predicted molar refractivity (Wildman–Crippen MR) is 74.8 cm³/mol. The fourth-order valence-corrected chi connectivity index (χ4v) is 1.54. The van der Waals surface area contributed by atoms with Crippen molar-refractivity contribution in [2.45, 2.75) is 19.8 Å². The molecule has 1 aromatic heterocycles. The maximum atomic E-state index is 12.1. The van der Waals surface area contributed by atoms with Crippen LogP contribution in [0, 0.1) is 0 Å². The molecule has 4 heteroatoms. The molecular weight excluding hydrogens is 226 g/mol. The zero-order chi connectivity index (χ0) is 13.4. The van der Waals surface area contributed by atoms with Crippen molar-refractivity contribution in [2.75, 3.05) is 25.5 Å². The van der Waals surface area contributed by atoms with E-state index in [4.69, 9.17) is 0 Å². The fraction of sp³-hybridized carbons (Fsp3) is 0.429. The summed E-state index contributed by atoms with van der Waals surface area (Å²) in [6.07, 6.45) is 5.50. The van der Waals surface area contributed by atoms with Crippen LogP contribution in [-0.2, 0) is 0 Å². The molecule has 0 aromatic carbocycles. The molecule has 0 bridgehead atoms. The molecule has 0 spiro atoms.